The van der Waals surface area contributed by atoms with E-state index in [1.54, 1.807) is 37.4 Å². The van der Waals surface area contributed by atoms with Gasteiger partial charge in [-0.15, -0.1) is 0 Å². The minimum absolute atomic E-state index is 0.0546. The number of benzene rings is 2. The molecule has 7 heteroatoms. The quantitative estimate of drug-likeness (QED) is 0.418. The normalized spacial score (nSPS) is 11.2. The highest BCUT2D eigenvalue weighted by atomic mass is 16.5. The lowest BCUT2D eigenvalue weighted by Crippen LogP contribution is -2.22. The molecule has 3 N–H and O–H groups in total. The Morgan fingerprint density at radius 2 is 1.55 bits per heavy atom. The first-order valence-corrected chi connectivity index (χ1v) is 10.5. The van der Waals surface area contributed by atoms with Gasteiger partial charge in [-0.2, -0.15) is 0 Å². The van der Waals surface area contributed by atoms with E-state index < -0.39 is 34.2 Å². The van der Waals surface area contributed by atoms with E-state index in [0.717, 1.165) is 17.7 Å². The van der Waals surface area contributed by atoms with Gasteiger partial charge in [0.2, 0.25) is 0 Å². The van der Waals surface area contributed by atoms with E-state index in [1.165, 1.54) is 0 Å². The molecule has 0 atom stereocenters. The molecule has 33 heavy (non-hydrogen) atoms. The molecule has 2 aromatic carbocycles. The molecule has 0 amide bonds. The van der Waals surface area contributed by atoms with E-state index in [-0.39, 0.29) is 17.8 Å². The first-order valence-electron chi connectivity index (χ1n) is 10.5. The largest absolute Gasteiger partial charge is 0.505 e. The van der Waals surface area contributed by atoms with Gasteiger partial charge in [0.05, 0.1) is 18.4 Å². The summed E-state index contributed by atoms with van der Waals surface area (Å²) in [5.41, 5.74) is 0.298. The number of hydrogen-bond acceptors (Lipinski definition) is 5. The van der Waals surface area contributed by atoms with Crippen LogP contribution in [0.25, 0.3) is 11.3 Å². The van der Waals surface area contributed by atoms with Gasteiger partial charge in [0.15, 0.2) is 5.75 Å². The molecule has 0 unspecified atom stereocenters. The number of aromatic nitrogens is 1. The van der Waals surface area contributed by atoms with Crippen molar-refractivity contribution in [2.75, 3.05) is 7.11 Å². The number of carboxylic acids is 2. The lowest BCUT2D eigenvalue weighted by atomic mass is 9.80. The van der Waals surface area contributed by atoms with Crippen LogP contribution in [-0.4, -0.2) is 39.4 Å². The van der Waals surface area contributed by atoms with Crippen LogP contribution in [0.3, 0.4) is 0 Å². The predicted molar refractivity (Wildman–Crippen MR) is 124 cm³/mol. The number of pyridine rings is 1. The molecule has 1 heterocycles. The number of ether oxygens (including phenoxy) is 1. The van der Waals surface area contributed by atoms with Crippen LogP contribution < -0.4 is 4.74 Å². The van der Waals surface area contributed by atoms with Crippen molar-refractivity contribution < 1.29 is 29.6 Å². The van der Waals surface area contributed by atoms with Crippen LogP contribution >= 0.6 is 0 Å². The molecular formula is C26H27NO6. The highest BCUT2D eigenvalue weighted by molar-refractivity contribution is 6.05. The van der Waals surface area contributed by atoms with E-state index in [1.807, 2.05) is 38.1 Å². The molecule has 0 spiro atoms. The van der Waals surface area contributed by atoms with E-state index in [0.29, 0.717) is 12.0 Å². The Hall–Kier alpha value is -3.87. The molecule has 0 bridgehead atoms. The molecular weight excluding hydrogens is 422 g/mol. The molecule has 0 saturated carbocycles. The van der Waals surface area contributed by atoms with Gasteiger partial charge >= 0.3 is 11.9 Å². The van der Waals surface area contributed by atoms with Crippen molar-refractivity contribution in [3.8, 4) is 22.8 Å². The average molecular weight is 450 g/mol. The average Bonchev–Trinajstić information content (AvgIpc) is 2.78. The fourth-order valence-electron chi connectivity index (χ4n) is 3.81. The summed E-state index contributed by atoms with van der Waals surface area (Å²) in [5.74, 6) is -2.82. The van der Waals surface area contributed by atoms with E-state index in [9.17, 15) is 24.9 Å². The maximum atomic E-state index is 12.0. The molecule has 0 aliphatic rings. The van der Waals surface area contributed by atoms with Gasteiger partial charge in [0.1, 0.15) is 17.0 Å². The van der Waals surface area contributed by atoms with Gasteiger partial charge in [-0.3, -0.25) is 0 Å². The zero-order valence-corrected chi connectivity index (χ0v) is 18.8. The van der Waals surface area contributed by atoms with Gasteiger partial charge in [0, 0.05) is 5.56 Å². The van der Waals surface area contributed by atoms with Crippen LogP contribution in [0.15, 0.2) is 54.6 Å². The molecule has 0 aliphatic heterocycles. The van der Waals surface area contributed by atoms with Gasteiger partial charge in [-0.1, -0.05) is 56.3 Å². The van der Waals surface area contributed by atoms with Crippen molar-refractivity contribution in [3.63, 3.8) is 0 Å². The molecule has 3 aromatic rings. The first kappa shape index (κ1) is 23.8. The second kappa shape index (κ2) is 9.73. The molecule has 7 nitrogen and oxygen atoms in total. The summed E-state index contributed by atoms with van der Waals surface area (Å²) in [5, 5.41) is 30.2. The Labute approximate surface area is 192 Å². The second-order valence-electron chi connectivity index (χ2n) is 8.67. The minimum atomic E-state index is -1.51. The summed E-state index contributed by atoms with van der Waals surface area (Å²) >= 11 is 0. The van der Waals surface area contributed by atoms with Crippen LogP contribution in [0.1, 0.15) is 52.2 Å². The first-order chi connectivity index (χ1) is 15.6. The van der Waals surface area contributed by atoms with E-state index in [4.69, 9.17) is 4.74 Å². The monoisotopic (exact) mass is 449 g/mol. The molecule has 0 aliphatic carbocycles. The highest BCUT2D eigenvalue weighted by Crippen LogP contribution is 2.37. The fourth-order valence-corrected chi connectivity index (χ4v) is 3.81. The van der Waals surface area contributed by atoms with Crippen LogP contribution in [-0.2, 0) is 12.8 Å². The maximum Gasteiger partial charge on any atom is 0.340 e. The molecule has 172 valence electrons. The summed E-state index contributed by atoms with van der Waals surface area (Å²) < 4.78 is 5.18. The standard InChI is InChI=1S/C26H27NO6/c1-26(2,14-13-16-9-11-18(33-3)12-10-16)15-19-20(24(29)30)21(25(31)32)23(28)22(27-19)17-7-5-4-6-8-17/h4-12,28H,13-15H2,1-3H3,(H,29,30)(H,31,32). The lowest BCUT2D eigenvalue weighted by Gasteiger charge is -2.26. The summed E-state index contributed by atoms with van der Waals surface area (Å²) in [4.78, 5) is 28.5. The Kier molecular flexibility index (Phi) is 7.01. The number of aromatic carboxylic acids is 2. The number of methoxy groups -OCH3 is 1. The predicted octanol–water partition coefficient (Wildman–Crippen LogP) is 5.06. The number of rotatable bonds is 9. The third kappa shape index (κ3) is 5.49. The van der Waals surface area contributed by atoms with Crippen molar-refractivity contribution >= 4 is 11.9 Å². The maximum absolute atomic E-state index is 12.0. The van der Waals surface area contributed by atoms with Crippen molar-refractivity contribution in [2.24, 2.45) is 5.41 Å². The highest BCUT2D eigenvalue weighted by Gasteiger charge is 2.31. The number of nitrogens with zero attached hydrogens (tertiary/aromatic N) is 1. The van der Waals surface area contributed by atoms with Crippen molar-refractivity contribution in [3.05, 3.63) is 77.0 Å². The summed E-state index contributed by atoms with van der Waals surface area (Å²) in [6.45, 7) is 3.97. The Balaban J connectivity index is 1.99. The second-order valence-corrected chi connectivity index (χ2v) is 8.67. The minimum Gasteiger partial charge on any atom is -0.505 e. The number of hydrogen-bond donors (Lipinski definition) is 3. The third-order valence-corrected chi connectivity index (χ3v) is 5.62. The molecule has 1 aromatic heterocycles. The molecule has 0 saturated heterocycles. The zero-order valence-electron chi connectivity index (χ0n) is 18.8. The van der Waals surface area contributed by atoms with Gasteiger partial charge in [0.25, 0.3) is 0 Å². The number of carbonyl (C=O) groups is 2. The Bertz CT molecular complexity index is 1150. The van der Waals surface area contributed by atoms with Gasteiger partial charge < -0.3 is 20.1 Å². The number of aromatic hydroxyl groups is 1. The van der Waals surface area contributed by atoms with Crippen molar-refractivity contribution in [2.45, 2.75) is 33.1 Å². The lowest BCUT2D eigenvalue weighted by molar-refractivity contribution is 0.0646. The topological polar surface area (TPSA) is 117 Å². The fraction of sp³-hybridized carbons (Fsp3) is 0.269. The van der Waals surface area contributed by atoms with E-state index >= 15 is 0 Å². The number of carboxylic acid groups (broad SMARTS) is 2. The molecule has 0 fully saturated rings. The smallest absolute Gasteiger partial charge is 0.340 e. The summed E-state index contributed by atoms with van der Waals surface area (Å²) in [6, 6.07) is 16.4. The number of aryl methyl sites for hydroxylation is 1. The van der Waals surface area contributed by atoms with Crippen LogP contribution in [0.5, 0.6) is 11.5 Å². The molecule has 0 radical (unpaired) electrons. The van der Waals surface area contributed by atoms with Crippen LogP contribution in [0, 0.1) is 5.41 Å². The third-order valence-electron chi connectivity index (χ3n) is 5.62. The van der Waals surface area contributed by atoms with E-state index in [2.05, 4.69) is 4.98 Å². The Morgan fingerprint density at radius 3 is 2.09 bits per heavy atom. The van der Waals surface area contributed by atoms with Crippen LogP contribution in [0.2, 0.25) is 0 Å². The van der Waals surface area contributed by atoms with Gasteiger partial charge in [-0.05, 0) is 42.4 Å². The summed E-state index contributed by atoms with van der Waals surface area (Å²) in [7, 11) is 1.61. The van der Waals surface area contributed by atoms with Crippen molar-refractivity contribution in [1.82, 2.24) is 4.98 Å². The zero-order chi connectivity index (χ0) is 24.2. The molecule has 3 rings (SSSR count). The van der Waals surface area contributed by atoms with Gasteiger partial charge in [-0.25, -0.2) is 14.6 Å². The Morgan fingerprint density at radius 1 is 0.939 bits per heavy atom. The summed E-state index contributed by atoms with van der Waals surface area (Å²) in [6.07, 6.45) is 1.68. The van der Waals surface area contributed by atoms with Crippen molar-refractivity contribution in [1.29, 1.82) is 0 Å². The van der Waals surface area contributed by atoms with Crippen LogP contribution in [0.4, 0.5) is 0 Å². The SMILES string of the molecule is COc1ccc(CCC(C)(C)Cc2nc(-c3ccccc3)c(O)c(C(=O)O)c2C(=O)O)cc1.